The quantitative estimate of drug-likeness (QED) is 0.0169. The van der Waals surface area contributed by atoms with Crippen molar-refractivity contribution in [3.63, 3.8) is 0 Å². The largest absolute Gasteiger partial charge is 0.472 e. The highest BCUT2D eigenvalue weighted by Crippen LogP contribution is 2.45. The SMILES string of the molecule is CC/C=C\C/C=C\C/C=C\C/C=C\C/C=C\CCCC(=O)OCC(COP(=O)(O)OCC(O)COP(=O)(O)OCC(COC(=O)C/C=C\C/C=C\C/C=C\C/C=C\C/C=C\CC)OC(=O)CCCCCCC/C=C\C/C=C\C/C=C\CC)OC(=O)CCCCCCC/C=C\CCCC. The third kappa shape index (κ3) is 68.9. The monoisotopic (exact) mass is 1410 g/mol. The smallest absolute Gasteiger partial charge is 0.462 e. The number of carbonyl (C=O) groups excluding carboxylic acids is 4. The molecule has 0 fully saturated rings. The Bertz CT molecular complexity index is 2530. The Balaban J connectivity index is 5.48. The van der Waals surface area contributed by atoms with E-state index in [1.54, 1.807) is 6.08 Å². The second kappa shape index (κ2) is 69.9. The van der Waals surface area contributed by atoms with Gasteiger partial charge in [-0.15, -0.1) is 0 Å². The molecule has 0 heterocycles. The van der Waals surface area contributed by atoms with Gasteiger partial charge in [0.25, 0.3) is 0 Å². The standard InChI is InChI=1S/C79H126O17P2/c1-5-9-13-17-21-25-29-32-35-36-39-41-45-48-52-56-60-64-77(82)89-69-74(95-78(83)65-61-57-53-49-43-28-24-20-16-12-8-4)71-93-97(85,86)91-67-73(80)68-92-98(87,88)94-72-75(96-79(84)66-62-58-54-50-46-42-38-34-31-27-23-19-15-11-7-3)70-90-76(81)63-59-55-51-47-44-40-37-33-30-26-22-18-14-10-6-2/h9-11,13-15,20-27,32-35,37-39,41,44,47-48,52,55,59,73-75,80H,5-8,12,16-19,28-31,36,40,42-43,45-46,49-51,53-54,56-58,60-72H2,1-4H3,(H,85,86)(H,87,88)/b13-9-,14-10-,15-11-,24-20-,25-21-,26-22-,27-23-,35-32-,37-33-,38-34-,41-39-,47-44-,52-48-,59-55-. The molecule has 0 aromatic heterocycles. The molecule has 0 aliphatic heterocycles. The van der Waals surface area contributed by atoms with Crippen LogP contribution in [0, 0.1) is 0 Å². The number of rotatable bonds is 66. The third-order valence-electron chi connectivity index (χ3n) is 14.2. The van der Waals surface area contributed by atoms with E-state index in [4.69, 9.17) is 37.0 Å². The van der Waals surface area contributed by atoms with Gasteiger partial charge in [0.15, 0.2) is 12.2 Å². The third-order valence-corrected chi connectivity index (χ3v) is 16.1. The van der Waals surface area contributed by atoms with Crippen LogP contribution in [0.15, 0.2) is 170 Å². The number of aliphatic hydroxyl groups excluding tert-OH is 1. The molecule has 0 saturated heterocycles. The number of hydrogen-bond acceptors (Lipinski definition) is 15. The molecule has 17 nitrogen and oxygen atoms in total. The van der Waals surface area contributed by atoms with E-state index in [1.807, 2.05) is 30.4 Å². The molecular formula is C79H126O17P2. The van der Waals surface area contributed by atoms with Crippen LogP contribution >= 0.6 is 15.6 Å². The summed E-state index contributed by atoms with van der Waals surface area (Å²) in [5, 5.41) is 10.6. The molecule has 0 radical (unpaired) electrons. The van der Waals surface area contributed by atoms with E-state index in [2.05, 4.69) is 161 Å². The highest BCUT2D eigenvalue weighted by Gasteiger charge is 2.30. The number of aliphatic hydroxyl groups is 1. The molecule has 0 aromatic rings. The summed E-state index contributed by atoms with van der Waals surface area (Å²) in [6.45, 7) is 4.23. The molecule has 0 bridgehead atoms. The van der Waals surface area contributed by atoms with Crippen LogP contribution in [0.5, 0.6) is 0 Å². The summed E-state index contributed by atoms with van der Waals surface area (Å²) in [4.78, 5) is 72.6. The van der Waals surface area contributed by atoms with Gasteiger partial charge in [-0.25, -0.2) is 9.13 Å². The molecule has 0 amide bonds. The molecule has 5 unspecified atom stereocenters. The number of carbonyl (C=O) groups is 4. The van der Waals surface area contributed by atoms with Crippen LogP contribution in [-0.4, -0.2) is 96.7 Å². The topological polar surface area (TPSA) is 237 Å². The van der Waals surface area contributed by atoms with Crippen molar-refractivity contribution in [2.24, 2.45) is 0 Å². The predicted molar refractivity (Wildman–Crippen MR) is 399 cm³/mol. The lowest BCUT2D eigenvalue weighted by Gasteiger charge is -2.21. The summed E-state index contributed by atoms with van der Waals surface area (Å²) in [5.41, 5.74) is 0. The first kappa shape index (κ1) is 92.4. The highest BCUT2D eigenvalue weighted by atomic mass is 31.2. The number of allylic oxidation sites excluding steroid dienone is 27. The second-order valence-electron chi connectivity index (χ2n) is 23.4. The summed E-state index contributed by atoms with van der Waals surface area (Å²) < 4.78 is 68.1. The Morgan fingerprint density at radius 2 is 0.582 bits per heavy atom. The van der Waals surface area contributed by atoms with Gasteiger partial charge in [0.1, 0.15) is 19.3 Å². The van der Waals surface area contributed by atoms with Gasteiger partial charge in [0.2, 0.25) is 0 Å². The van der Waals surface area contributed by atoms with Gasteiger partial charge in [0, 0.05) is 19.3 Å². The van der Waals surface area contributed by atoms with E-state index in [0.717, 1.165) is 154 Å². The maximum Gasteiger partial charge on any atom is 0.472 e. The van der Waals surface area contributed by atoms with Crippen molar-refractivity contribution >= 4 is 39.5 Å². The number of esters is 4. The summed E-state index contributed by atoms with van der Waals surface area (Å²) in [7, 11) is -10.0. The number of unbranched alkanes of at least 4 members (excludes halogenated alkanes) is 13. The Labute approximate surface area is 591 Å². The number of ether oxygens (including phenoxy) is 4. The molecule has 3 N–H and O–H groups in total. The molecule has 0 aliphatic carbocycles. The maximum atomic E-state index is 13.0. The minimum atomic E-state index is -5.01. The van der Waals surface area contributed by atoms with Gasteiger partial charge in [-0.1, -0.05) is 249 Å². The molecule has 19 heteroatoms. The Hall–Kier alpha value is -5.58. The molecule has 0 rings (SSSR count). The van der Waals surface area contributed by atoms with Crippen molar-refractivity contribution in [1.82, 2.24) is 0 Å². The first-order valence-electron chi connectivity index (χ1n) is 36.4. The minimum Gasteiger partial charge on any atom is -0.462 e. The fraction of sp³-hybridized carbons (Fsp3) is 0.595. The molecule has 0 aliphatic rings. The van der Waals surface area contributed by atoms with Gasteiger partial charge in [0.05, 0.1) is 32.8 Å². The molecule has 0 spiro atoms. The predicted octanol–water partition coefficient (Wildman–Crippen LogP) is 20.7. The average molecular weight is 1410 g/mol. The summed E-state index contributed by atoms with van der Waals surface area (Å²) in [5.74, 6) is -2.44. The molecule has 0 saturated carbocycles. The van der Waals surface area contributed by atoms with Gasteiger partial charge in [-0.05, 0) is 141 Å². The zero-order valence-electron chi connectivity index (χ0n) is 60.1. The Morgan fingerprint density at radius 1 is 0.306 bits per heavy atom. The Kier molecular flexibility index (Phi) is 65.9. The maximum absolute atomic E-state index is 13.0. The summed E-state index contributed by atoms with van der Waals surface area (Å²) >= 11 is 0. The van der Waals surface area contributed by atoms with Crippen LogP contribution in [0.2, 0.25) is 0 Å². The molecule has 98 heavy (non-hydrogen) atoms. The zero-order valence-corrected chi connectivity index (χ0v) is 61.9. The minimum absolute atomic E-state index is 0.0485. The van der Waals surface area contributed by atoms with Crippen LogP contribution in [0.3, 0.4) is 0 Å². The Morgan fingerprint density at radius 3 is 0.949 bits per heavy atom. The van der Waals surface area contributed by atoms with Crippen molar-refractivity contribution in [3.8, 4) is 0 Å². The van der Waals surface area contributed by atoms with Crippen molar-refractivity contribution < 1.29 is 80.2 Å². The lowest BCUT2D eigenvalue weighted by molar-refractivity contribution is -0.161. The van der Waals surface area contributed by atoms with Crippen molar-refractivity contribution in [2.75, 3.05) is 39.6 Å². The zero-order chi connectivity index (χ0) is 71.8. The van der Waals surface area contributed by atoms with E-state index in [0.29, 0.717) is 32.1 Å². The summed E-state index contributed by atoms with van der Waals surface area (Å²) in [6.07, 6.45) is 81.2. The molecule has 554 valence electrons. The number of phosphoric acid groups is 2. The van der Waals surface area contributed by atoms with Gasteiger partial charge < -0.3 is 33.8 Å². The number of phosphoric ester groups is 2. The molecular weight excluding hydrogens is 1280 g/mol. The first-order chi connectivity index (χ1) is 47.7. The first-order valence-corrected chi connectivity index (χ1v) is 39.4. The lowest BCUT2D eigenvalue weighted by Crippen LogP contribution is -2.30. The van der Waals surface area contributed by atoms with Crippen molar-refractivity contribution in [3.05, 3.63) is 170 Å². The van der Waals surface area contributed by atoms with E-state index < -0.39 is 97.5 Å². The second-order valence-corrected chi connectivity index (χ2v) is 26.3. The molecule has 5 atom stereocenters. The van der Waals surface area contributed by atoms with E-state index in [-0.39, 0.29) is 25.7 Å². The van der Waals surface area contributed by atoms with E-state index in [1.165, 1.54) is 6.42 Å². The highest BCUT2D eigenvalue weighted by molar-refractivity contribution is 7.47. The van der Waals surface area contributed by atoms with Crippen LogP contribution in [0.1, 0.15) is 246 Å². The van der Waals surface area contributed by atoms with Gasteiger partial charge in [-0.3, -0.25) is 37.3 Å². The van der Waals surface area contributed by atoms with Crippen molar-refractivity contribution in [2.45, 2.75) is 264 Å². The van der Waals surface area contributed by atoms with Gasteiger partial charge in [-0.2, -0.15) is 0 Å². The summed E-state index contributed by atoms with van der Waals surface area (Å²) in [6, 6.07) is 0. The van der Waals surface area contributed by atoms with E-state index >= 15 is 0 Å². The van der Waals surface area contributed by atoms with Crippen molar-refractivity contribution in [1.29, 1.82) is 0 Å². The van der Waals surface area contributed by atoms with Crippen LogP contribution < -0.4 is 0 Å². The van der Waals surface area contributed by atoms with Crippen LogP contribution in [-0.2, 0) is 65.4 Å². The van der Waals surface area contributed by atoms with Crippen LogP contribution in [0.4, 0.5) is 0 Å². The van der Waals surface area contributed by atoms with Gasteiger partial charge >= 0.3 is 39.5 Å². The normalized spacial score (nSPS) is 15.0. The fourth-order valence-corrected chi connectivity index (χ4v) is 10.3. The lowest BCUT2D eigenvalue weighted by atomic mass is 10.1. The van der Waals surface area contributed by atoms with E-state index in [9.17, 15) is 43.2 Å². The fourth-order valence-electron chi connectivity index (χ4n) is 8.73. The van der Waals surface area contributed by atoms with Crippen LogP contribution in [0.25, 0.3) is 0 Å². The molecule has 0 aromatic carbocycles. The average Bonchev–Trinajstić information content (AvgIpc) is 0.986. The number of hydrogen-bond donors (Lipinski definition) is 3.